The molecule has 0 aliphatic carbocycles. The van der Waals surface area contributed by atoms with Gasteiger partial charge in [0.2, 0.25) is 0 Å². The van der Waals surface area contributed by atoms with Crippen LogP contribution in [0.3, 0.4) is 0 Å². The summed E-state index contributed by atoms with van der Waals surface area (Å²) < 4.78 is 4.06. The van der Waals surface area contributed by atoms with Crippen LogP contribution in [0.4, 0.5) is 0 Å². The van der Waals surface area contributed by atoms with E-state index in [-0.39, 0.29) is 0 Å². The van der Waals surface area contributed by atoms with Crippen molar-refractivity contribution in [2.45, 2.75) is 0 Å². The Balaban J connectivity index is 2.16. The Labute approximate surface area is 84.1 Å². The van der Waals surface area contributed by atoms with E-state index in [0.717, 1.165) is 0 Å². The van der Waals surface area contributed by atoms with Gasteiger partial charge in [-0.3, -0.25) is 0 Å². The average Bonchev–Trinajstić information content (AvgIpc) is 2.21. The molecule has 0 fully saturated rings. The quantitative estimate of drug-likeness (QED) is 0.656. The van der Waals surface area contributed by atoms with Crippen LogP contribution in [0, 0.1) is 0 Å². The van der Waals surface area contributed by atoms with E-state index in [1.54, 1.807) is 15.4 Å². The molecule has 0 unspecified atom stereocenters. The fraction of sp³-hybridized carbons (Fsp3) is 0. The molecule has 13 heavy (non-hydrogen) atoms. The summed E-state index contributed by atoms with van der Waals surface area (Å²) in [4.78, 5) is 0. The Kier molecular flexibility index (Phi) is 2.70. The molecule has 0 aromatic carbocycles. The zero-order valence-corrected chi connectivity index (χ0v) is 7.91. The summed E-state index contributed by atoms with van der Waals surface area (Å²) in [6, 6.07) is 12.0. The van der Waals surface area contributed by atoms with E-state index >= 15 is 0 Å². The molecule has 0 radical (unpaired) electrons. The van der Waals surface area contributed by atoms with Gasteiger partial charge < -0.3 is 0 Å². The van der Waals surface area contributed by atoms with Crippen molar-refractivity contribution in [3.8, 4) is 0 Å². The predicted octanol–water partition coefficient (Wildman–Crippen LogP) is 0.570. The van der Waals surface area contributed by atoms with E-state index in [9.17, 15) is 0 Å². The van der Waals surface area contributed by atoms with E-state index in [2.05, 4.69) is 0 Å². The normalized spacial score (nSPS) is 10.2. The van der Waals surface area contributed by atoms with Crippen LogP contribution in [-0.2, 0) is 15.4 Å². The molecular formula is C10H10CuN2+2. The molecule has 0 spiro atoms. The molecule has 2 rings (SSSR count). The third-order valence-corrected chi connectivity index (χ3v) is 2.45. The molecular weight excluding hydrogens is 212 g/mol. The number of hydrogen-bond acceptors (Lipinski definition) is 0. The number of aromatic nitrogens is 2. The molecule has 3 heteroatoms. The van der Waals surface area contributed by atoms with Gasteiger partial charge in [-0.1, -0.05) is 0 Å². The second-order valence-electron chi connectivity index (χ2n) is 2.42. The maximum absolute atomic E-state index is 2.03. The van der Waals surface area contributed by atoms with E-state index in [1.807, 2.05) is 68.4 Å². The van der Waals surface area contributed by atoms with Gasteiger partial charge in [0.15, 0.2) is 0 Å². The number of rotatable bonds is 2. The molecule has 2 nitrogen and oxygen atoms in total. The van der Waals surface area contributed by atoms with Gasteiger partial charge in [0, 0.05) is 0 Å². The van der Waals surface area contributed by atoms with E-state index < -0.39 is 0 Å². The van der Waals surface area contributed by atoms with Crippen LogP contribution < -0.4 is 7.17 Å². The van der Waals surface area contributed by atoms with E-state index in [4.69, 9.17) is 0 Å². The van der Waals surface area contributed by atoms with Crippen LogP contribution in [0.15, 0.2) is 61.2 Å². The third-order valence-electron chi connectivity index (χ3n) is 1.45. The summed E-state index contributed by atoms with van der Waals surface area (Å²) >= 11 is 1.72. The van der Waals surface area contributed by atoms with Crippen molar-refractivity contribution >= 4 is 0 Å². The monoisotopic (exact) mass is 221 g/mol. The summed E-state index contributed by atoms with van der Waals surface area (Å²) in [5, 5.41) is 0. The number of hydrogen-bond donors (Lipinski definition) is 0. The first kappa shape index (κ1) is 8.42. The molecule has 2 heterocycles. The fourth-order valence-electron chi connectivity index (χ4n) is 0.890. The van der Waals surface area contributed by atoms with E-state index in [0.29, 0.717) is 0 Å². The number of pyridine rings is 2. The molecule has 0 N–H and O–H groups in total. The molecule has 0 saturated heterocycles. The summed E-state index contributed by atoms with van der Waals surface area (Å²) in [5.41, 5.74) is 0. The van der Waals surface area contributed by atoms with Gasteiger partial charge >= 0.3 is 83.7 Å². The van der Waals surface area contributed by atoms with Gasteiger partial charge in [-0.25, -0.2) is 0 Å². The molecule has 0 saturated carbocycles. The Morgan fingerprint density at radius 3 is 1.31 bits per heavy atom. The van der Waals surface area contributed by atoms with Crippen molar-refractivity contribution < 1.29 is 22.6 Å². The number of nitrogens with zero attached hydrogens (tertiary/aromatic N) is 2. The second-order valence-corrected chi connectivity index (χ2v) is 3.58. The predicted molar refractivity (Wildman–Crippen MR) is 44.1 cm³/mol. The summed E-state index contributed by atoms with van der Waals surface area (Å²) in [5.74, 6) is 0. The van der Waals surface area contributed by atoms with Crippen molar-refractivity contribution in [2.24, 2.45) is 0 Å². The Morgan fingerprint density at radius 1 is 0.538 bits per heavy atom. The third kappa shape index (κ3) is 2.38. The van der Waals surface area contributed by atoms with Crippen LogP contribution in [0.5, 0.6) is 0 Å². The zero-order chi connectivity index (χ0) is 8.93. The van der Waals surface area contributed by atoms with Gasteiger partial charge in [0.25, 0.3) is 0 Å². The van der Waals surface area contributed by atoms with Crippen LogP contribution in [0.2, 0.25) is 0 Å². The molecule has 69 valence electrons. The molecule has 0 aliphatic heterocycles. The van der Waals surface area contributed by atoms with Crippen molar-refractivity contribution in [2.75, 3.05) is 0 Å². The molecule has 0 aliphatic rings. The molecule has 0 atom stereocenters. The first-order chi connectivity index (χ1) is 6.45. The van der Waals surface area contributed by atoms with Crippen molar-refractivity contribution in [1.29, 1.82) is 0 Å². The van der Waals surface area contributed by atoms with Crippen LogP contribution in [0.25, 0.3) is 0 Å². The minimum atomic E-state index is 1.72. The van der Waals surface area contributed by atoms with Gasteiger partial charge in [-0.05, 0) is 0 Å². The fourth-order valence-corrected chi connectivity index (χ4v) is 1.72. The Hall–Kier alpha value is -1.18. The Morgan fingerprint density at radius 2 is 0.923 bits per heavy atom. The van der Waals surface area contributed by atoms with Gasteiger partial charge in [-0.15, -0.1) is 0 Å². The second kappa shape index (κ2) is 4.17. The molecule has 0 bridgehead atoms. The molecule has 0 amide bonds. The standard InChI is InChI=1S/2C5H5N.Cu/c2*1-2-4-6-5-3-1;/h2*1-5H;/q;;+2. The van der Waals surface area contributed by atoms with Gasteiger partial charge in [-0.2, -0.15) is 0 Å². The average molecular weight is 222 g/mol. The van der Waals surface area contributed by atoms with Crippen molar-refractivity contribution in [3.63, 3.8) is 0 Å². The van der Waals surface area contributed by atoms with E-state index in [1.165, 1.54) is 0 Å². The zero-order valence-electron chi connectivity index (χ0n) is 6.97. The maximum atomic E-state index is 2.03. The topological polar surface area (TPSA) is 7.76 Å². The minimum absolute atomic E-state index is 1.72. The van der Waals surface area contributed by atoms with Gasteiger partial charge in [0.1, 0.15) is 0 Å². The SMILES string of the molecule is c1cc[n+]([Cu][n+]2ccccc2)cc1. The summed E-state index contributed by atoms with van der Waals surface area (Å²) in [6.07, 6.45) is 8.06. The first-order valence-electron chi connectivity index (χ1n) is 3.97. The summed E-state index contributed by atoms with van der Waals surface area (Å²) in [6.45, 7) is 0. The molecule has 2 aromatic rings. The van der Waals surface area contributed by atoms with Crippen molar-refractivity contribution in [1.82, 2.24) is 0 Å². The van der Waals surface area contributed by atoms with Crippen LogP contribution >= 0.6 is 0 Å². The van der Waals surface area contributed by atoms with Crippen LogP contribution in [-0.4, -0.2) is 0 Å². The van der Waals surface area contributed by atoms with Gasteiger partial charge in [0.05, 0.1) is 0 Å². The first-order valence-corrected chi connectivity index (χ1v) is 4.81. The molecule has 2 aromatic heterocycles. The van der Waals surface area contributed by atoms with Crippen LogP contribution in [0.1, 0.15) is 0 Å². The summed E-state index contributed by atoms with van der Waals surface area (Å²) in [7, 11) is 0. The Bertz CT molecular complexity index is 324. The van der Waals surface area contributed by atoms with Crippen molar-refractivity contribution in [3.05, 3.63) is 61.2 Å².